The SMILES string of the molecule is O=C1CCCN(C(=O)c2nc(Cn3nc(-c4ccc(Cl)cc4)n(C[C@H](O)C(F)(F)F)c3=O)nn2-c2ncccc2C(=O)N[C@H]2C[C@H]2F)C1. The van der Waals surface area contributed by atoms with E-state index in [1.807, 2.05) is 0 Å². The first-order valence-electron chi connectivity index (χ1n) is 14.7. The Bertz CT molecular complexity index is 1940. The fourth-order valence-electron chi connectivity index (χ4n) is 5.09. The average molecular weight is 692 g/mol. The number of carbonyl (C=O) groups is 3. The standard InChI is InChI=1S/C29H26ClF4N9O5/c30-16-7-5-15(6-8-16)23-39-42(28(48)41(23)13-21(45)29(32,33)34)14-22-37-25(27(47)40-10-2-3-17(44)12-40)43(38-22)24-18(4-1-9-35-24)26(46)36-20-11-19(20)31/h1,4-9,19-21,45H,2-3,10-14H2,(H,36,46)/t19-,20+,21+/m1/s1. The average Bonchev–Trinajstić information content (AvgIpc) is 3.44. The number of alkyl halides is 4. The molecule has 2 aliphatic rings. The molecule has 0 spiro atoms. The van der Waals surface area contributed by atoms with Gasteiger partial charge in [-0.3, -0.25) is 19.0 Å². The molecule has 0 bridgehead atoms. The van der Waals surface area contributed by atoms with Crippen LogP contribution in [-0.4, -0.2) is 99.3 Å². The predicted octanol–water partition coefficient (Wildman–Crippen LogP) is 1.96. The van der Waals surface area contributed by atoms with Crippen molar-refractivity contribution in [1.29, 1.82) is 0 Å². The molecule has 14 nitrogen and oxygen atoms in total. The third kappa shape index (κ3) is 6.84. The molecule has 2 amide bonds. The van der Waals surface area contributed by atoms with Gasteiger partial charge in [-0.1, -0.05) is 11.6 Å². The molecule has 2 fully saturated rings. The van der Waals surface area contributed by atoms with E-state index in [-0.39, 0.29) is 66.1 Å². The van der Waals surface area contributed by atoms with Crippen LogP contribution in [0.5, 0.6) is 0 Å². The van der Waals surface area contributed by atoms with Gasteiger partial charge in [0.25, 0.3) is 11.8 Å². The second kappa shape index (κ2) is 12.9. The van der Waals surface area contributed by atoms with Crippen LogP contribution in [-0.2, 0) is 17.9 Å². The summed E-state index contributed by atoms with van der Waals surface area (Å²) in [6.45, 7) is -1.73. The van der Waals surface area contributed by atoms with E-state index >= 15 is 0 Å². The maximum absolute atomic E-state index is 13.7. The molecular weight excluding hydrogens is 666 g/mol. The van der Waals surface area contributed by atoms with Crippen molar-refractivity contribution in [2.45, 2.75) is 56.8 Å². The van der Waals surface area contributed by atoms with Crippen LogP contribution in [0.2, 0.25) is 5.02 Å². The number of amides is 2. The lowest BCUT2D eigenvalue weighted by Crippen LogP contribution is -2.41. The number of aliphatic hydroxyl groups excluding tert-OH is 1. The van der Waals surface area contributed by atoms with Gasteiger partial charge in [0.15, 0.2) is 29.4 Å². The molecule has 3 aromatic heterocycles. The lowest BCUT2D eigenvalue weighted by Gasteiger charge is -2.25. The highest BCUT2D eigenvalue weighted by Gasteiger charge is 2.40. The molecule has 252 valence electrons. The molecule has 0 radical (unpaired) electrons. The summed E-state index contributed by atoms with van der Waals surface area (Å²) in [5.74, 6) is -2.61. The molecule has 2 N–H and O–H groups in total. The smallest absolute Gasteiger partial charge is 0.382 e. The van der Waals surface area contributed by atoms with Crippen LogP contribution in [0.25, 0.3) is 17.2 Å². The molecular formula is C29H26ClF4N9O5. The summed E-state index contributed by atoms with van der Waals surface area (Å²) in [4.78, 5) is 62.1. The molecule has 19 heteroatoms. The van der Waals surface area contributed by atoms with Gasteiger partial charge in [-0.25, -0.2) is 23.8 Å². The van der Waals surface area contributed by atoms with Crippen molar-refractivity contribution in [3.05, 3.63) is 75.3 Å². The van der Waals surface area contributed by atoms with Gasteiger partial charge in [0.05, 0.1) is 24.7 Å². The summed E-state index contributed by atoms with van der Waals surface area (Å²) in [5, 5.41) is 21.2. The molecule has 1 aliphatic carbocycles. The zero-order valence-corrected chi connectivity index (χ0v) is 25.5. The second-order valence-electron chi connectivity index (χ2n) is 11.3. The highest BCUT2D eigenvalue weighted by molar-refractivity contribution is 6.30. The third-order valence-electron chi connectivity index (χ3n) is 7.69. The van der Waals surface area contributed by atoms with E-state index in [0.29, 0.717) is 16.0 Å². The number of halogens is 5. The Kier molecular flexibility index (Phi) is 8.86. The molecule has 1 aromatic carbocycles. The number of hydrogen-bond acceptors (Lipinski definition) is 9. The Balaban J connectivity index is 1.42. The number of pyridine rings is 1. The third-order valence-corrected chi connectivity index (χ3v) is 7.94. The van der Waals surface area contributed by atoms with Gasteiger partial charge in [0, 0.05) is 36.2 Å². The summed E-state index contributed by atoms with van der Waals surface area (Å²) in [6, 6.07) is 7.86. The number of carbonyl (C=O) groups excluding carboxylic acids is 3. The summed E-state index contributed by atoms with van der Waals surface area (Å²) in [7, 11) is 0. The van der Waals surface area contributed by atoms with Gasteiger partial charge in [0.1, 0.15) is 12.7 Å². The summed E-state index contributed by atoms with van der Waals surface area (Å²) >= 11 is 5.95. The number of hydrogen-bond donors (Lipinski definition) is 2. The predicted molar refractivity (Wildman–Crippen MR) is 158 cm³/mol. The molecule has 0 unspecified atom stereocenters. The number of ketones is 1. The molecule has 4 aromatic rings. The molecule has 48 heavy (non-hydrogen) atoms. The Hall–Kier alpha value is -4.97. The van der Waals surface area contributed by atoms with Gasteiger partial charge in [-0.2, -0.15) is 17.9 Å². The maximum Gasteiger partial charge on any atom is 0.416 e. The van der Waals surface area contributed by atoms with E-state index in [1.165, 1.54) is 47.5 Å². The van der Waals surface area contributed by atoms with Crippen LogP contribution in [0.4, 0.5) is 17.6 Å². The number of Topliss-reactive ketones (excluding diaryl/α,β-unsaturated/α-hetero) is 1. The fraction of sp³-hybridized carbons (Fsp3) is 0.379. The molecule has 1 saturated carbocycles. The van der Waals surface area contributed by atoms with Gasteiger partial charge in [0.2, 0.25) is 5.82 Å². The van der Waals surface area contributed by atoms with E-state index in [4.69, 9.17) is 11.6 Å². The van der Waals surface area contributed by atoms with Crippen molar-refractivity contribution in [2.24, 2.45) is 0 Å². The van der Waals surface area contributed by atoms with Crippen LogP contribution in [0.3, 0.4) is 0 Å². The van der Waals surface area contributed by atoms with E-state index in [2.05, 4.69) is 25.5 Å². The monoisotopic (exact) mass is 691 g/mol. The quantitative estimate of drug-likeness (QED) is 0.249. The Morgan fingerprint density at radius 3 is 2.52 bits per heavy atom. The van der Waals surface area contributed by atoms with Crippen LogP contribution < -0.4 is 11.0 Å². The van der Waals surface area contributed by atoms with E-state index in [1.54, 1.807) is 0 Å². The van der Waals surface area contributed by atoms with E-state index < -0.39 is 55.1 Å². The van der Waals surface area contributed by atoms with E-state index in [0.717, 1.165) is 9.36 Å². The zero-order valence-electron chi connectivity index (χ0n) is 24.8. The first kappa shape index (κ1) is 33.0. The lowest BCUT2D eigenvalue weighted by molar-refractivity contribution is -0.207. The minimum absolute atomic E-state index is 0.0792. The minimum Gasteiger partial charge on any atom is -0.382 e. The summed E-state index contributed by atoms with van der Waals surface area (Å²) in [6.07, 6.45) is -6.99. The first-order chi connectivity index (χ1) is 22.8. The van der Waals surface area contributed by atoms with Crippen molar-refractivity contribution in [3.63, 3.8) is 0 Å². The Morgan fingerprint density at radius 2 is 1.85 bits per heavy atom. The maximum atomic E-state index is 13.7. The topological polar surface area (TPSA) is 170 Å². The number of aromatic nitrogens is 7. The van der Waals surface area contributed by atoms with Gasteiger partial charge in [-0.15, -0.1) is 10.2 Å². The van der Waals surface area contributed by atoms with Crippen molar-refractivity contribution in [2.75, 3.05) is 13.1 Å². The number of piperidine rings is 1. The number of nitrogens with zero attached hydrogens (tertiary/aromatic N) is 8. The molecule has 4 heterocycles. The van der Waals surface area contributed by atoms with Gasteiger partial charge >= 0.3 is 11.9 Å². The normalized spacial score (nSPS) is 18.5. The number of benzene rings is 1. The fourth-order valence-corrected chi connectivity index (χ4v) is 5.22. The van der Waals surface area contributed by atoms with Gasteiger partial charge in [-0.05, 0) is 42.8 Å². The Labute approximate surface area is 272 Å². The molecule has 6 rings (SSSR count). The first-order valence-corrected chi connectivity index (χ1v) is 15.0. The molecule has 1 saturated heterocycles. The van der Waals surface area contributed by atoms with Crippen molar-refractivity contribution < 1.29 is 37.1 Å². The minimum atomic E-state index is -5.04. The molecule has 3 atom stereocenters. The highest BCUT2D eigenvalue weighted by Crippen LogP contribution is 2.27. The van der Waals surface area contributed by atoms with E-state index in [9.17, 15) is 41.8 Å². The molecule has 1 aliphatic heterocycles. The van der Waals surface area contributed by atoms with Crippen molar-refractivity contribution in [1.82, 2.24) is 44.3 Å². The lowest BCUT2D eigenvalue weighted by atomic mass is 10.1. The Morgan fingerprint density at radius 1 is 1.12 bits per heavy atom. The zero-order chi connectivity index (χ0) is 34.3. The van der Waals surface area contributed by atoms with Crippen molar-refractivity contribution in [3.8, 4) is 17.2 Å². The van der Waals surface area contributed by atoms with Crippen LogP contribution in [0.1, 0.15) is 46.1 Å². The number of aliphatic hydroxyl groups is 1. The van der Waals surface area contributed by atoms with Crippen LogP contribution in [0.15, 0.2) is 47.4 Å². The number of likely N-dealkylation sites (tertiary alicyclic amines) is 1. The summed E-state index contributed by atoms with van der Waals surface area (Å²) in [5.41, 5.74) is -0.925. The number of rotatable bonds is 9. The largest absolute Gasteiger partial charge is 0.416 e. The summed E-state index contributed by atoms with van der Waals surface area (Å²) < 4.78 is 55.8. The van der Waals surface area contributed by atoms with Crippen molar-refractivity contribution >= 4 is 29.2 Å². The highest BCUT2D eigenvalue weighted by atomic mass is 35.5. The van der Waals surface area contributed by atoms with Crippen LogP contribution in [0, 0.1) is 0 Å². The second-order valence-corrected chi connectivity index (χ2v) is 11.7. The number of nitrogens with one attached hydrogen (secondary N) is 1. The van der Waals surface area contributed by atoms with Crippen LogP contribution >= 0.6 is 11.6 Å². The van der Waals surface area contributed by atoms with Gasteiger partial charge < -0.3 is 15.3 Å².